The first-order chi connectivity index (χ1) is 10.3. The largest absolute Gasteiger partial charge is 1.00 e. The SMILES string of the molecule is C[P+](C=C1CCCCO1)(c1ccccc1)c1ccccc1.[Cl-]. The van der Waals surface area contributed by atoms with E-state index in [1.54, 1.807) is 0 Å². The van der Waals surface area contributed by atoms with Gasteiger partial charge in [-0.15, -0.1) is 0 Å². The van der Waals surface area contributed by atoms with E-state index in [1.165, 1.54) is 29.2 Å². The summed E-state index contributed by atoms with van der Waals surface area (Å²) in [5.41, 5.74) is 0. The average Bonchev–Trinajstić information content (AvgIpc) is 2.57. The number of allylic oxidation sites excluding steroid dienone is 1. The van der Waals surface area contributed by atoms with Crippen LogP contribution in [0.25, 0.3) is 0 Å². The Labute approximate surface area is 140 Å². The minimum Gasteiger partial charge on any atom is -1.00 e. The fourth-order valence-corrected chi connectivity index (χ4v) is 5.80. The van der Waals surface area contributed by atoms with Crippen LogP contribution in [-0.2, 0) is 4.74 Å². The van der Waals surface area contributed by atoms with Crippen molar-refractivity contribution in [3.8, 4) is 0 Å². The van der Waals surface area contributed by atoms with E-state index in [0.29, 0.717) is 0 Å². The van der Waals surface area contributed by atoms with E-state index in [9.17, 15) is 0 Å². The Hall–Kier alpha value is -1.30. The predicted molar refractivity (Wildman–Crippen MR) is 92.9 cm³/mol. The Balaban J connectivity index is 0.00000176. The third-order valence-corrected chi connectivity index (χ3v) is 7.64. The Morgan fingerprint density at radius 1 is 0.864 bits per heavy atom. The third kappa shape index (κ3) is 3.72. The summed E-state index contributed by atoms with van der Waals surface area (Å²) in [5, 5.41) is 2.83. The monoisotopic (exact) mass is 332 g/mol. The van der Waals surface area contributed by atoms with E-state index in [2.05, 4.69) is 73.1 Å². The standard InChI is InChI=1S/C19H22OP.ClH/c1-21(18-11-4-2-5-12-18,19-13-6-3-7-14-19)16-17-10-8-9-15-20-17;/h2-7,11-14,16H,8-10,15H2,1H3;1H/q+1;/p-1. The van der Waals surface area contributed by atoms with Gasteiger partial charge < -0.3 is 17.1 Å². The number of halogens is 1. The third-order valence-electron chi connectivity index (χ3n) is 4.09. The van der Waals surface area contributed by atoms with Crippen LogP contribution in [0, 0.1) is 0 Å². The highest BCUT2D eigenvalue weighted by Crippen LogP contribution is 2.55. The van der Waals surface area contributed by atoms with Crippen molar-refractivity contribution in [2.75, 3.05) is 13.3 Å². The van der Waals surface area contributed by atoms with E-state index >= 15 is 0 Å². The van der Waals surface area contributed by atoms with E-state index in [4.69, 9.17) is 4.74 Å². The molecule has 1 heterocycles. The lowest BCUT2D eigenvalue weighted by Gasteiger charge is -2.22. The Morgan fingerprint density at radius 3 is 1.86 bits per heavy atom. The lowest BCUT2D eigenvalue weighted by Crippen LogP contribution is -3.00. The number of hydrogen-bond donors (Lipinski definition) is 0. The fraction of sp³-hybridized carbons (Fsp3) is 0.263. The molecule has 22 heavy (non-hydrogen) atoms. The number of hydrogen-bond acceptors (Lipinski definition) is 1. The van der Waals surface area contributed by atoms with Crippen LogP contribution in [0.5, 0.6) is 0 Å². The van der Waals surface area contributed by atoms with Crippen molar-refractivity contribution in [3.05, 3.63) is 72.2 Å². The van der Waals surface area contributed by atoms with Gasteiger partial charge in [-0.1, -0.05) is 36.4 Å². The zero-order chi connectivity index (χ0) is 14.5. The van der Waals surface area contributed by atoms with Crippen LogP contribution >= 0.6 is 7.26 Å². The molecule has 0 amide bonds. The molecular weight excluding hydrogens is 311 g/mol. The highest BCUT2D eigenvalue weighted by atomic mass is 35.5. The van der Waals surface area contributed by atoms with E-state index in [-0.39, 0.29) is 12.4 Å². The van der Waals surface area contributed by atoms with E-state index in [0.717, 1.165) is 13.0 Å². The van der Waals surface area contributed by atoms with Crippen molar-refractivity contribution in [2.24, 2.45) is 0 Å². The fourth-order valence-electron chi connectivity index (χ4n) is 2.84. The summed E-state index contributed by atoms with van der Waals surface area (Å²) in [6.07, 6.45) is 3.51. The molecule has 0 bridgehead atoms. The molecule has 0 aliphatic carbocycles. The summed E-state index contributed by atoms with van der Waals surface area (Å²) in [5.74, 6) is 3.61. The Kier molecular flexibility index (Phi) is 6.06. The molecule has 0 unspecified atom stereocenters. The minimum absolute atomic E-state index is 0. The molecule has 1 nitrogen and oxygen atoms in total. The second-order valence-electron chi connectivity index (χ2n) is 5.65. The van der Waals surface area contributed by atoms with Crippen LogP contribution in [0.1, 0.15) is 19.3 Å². The average molecular weight is 333 g/mol. The Morgan fingerprint density at radius 2 is 1.41 bits per heavy atom. The molecule has 2 aromatic rings. The molecule has 1 aliphatic rings. The molecule has 0 N–H and O–H groups in total. The van der Waals surface area contributed by atoms with Crippen molar-refractivity contribution < 1.29 is 17.1 Å². The van der Waals surface area contributed by atoms with Gasteiger partial charge in [0, 0.05) is 6.42 Å². The molecule has 1 fully saturated rings. The number of benzene rings is 2. The summed E-state index contributed by atoms with van der Waals surface area (Å²) in [6.45, 7) is 3.26. The van der Waals surface area contributed by atoms with Gasteiger partial charge in [-0.3, -0.25) is 0 Å². The lowest BCUT2D eigenvalue weighted by atomic mass is 10.2. The van der Waals surface area contributed by atoms with Crippen molar-refractivity contribution in [3.63, 3.8) is 0 Å². The quantitative estimate of drug-likeness (QED) is 0.771. The van der Waals surface area contributed by atoms with Crippen LogP contribution in [0.15, 0.2) is 72.2 Å². The van der Waals surface area contributed by atoms with Gasteiger partial charge in [-0.2, -0.15) is 0 Å². The van der Waals surface area contributed by atoms with Gasteiger partial charge in [0.25, 0.3) is 0 Å². The normalized spacial score (nSPS) is 16.7. The maximum atomic E-state index is 5.91. The van der Waals surface area contributed by atoms with Crippen molar-refractivity contribution in [1.82, 2.24) is 0 Å². The molecule has 3 heteroatoms. The second kappa shape index (κ2) is 7.81. The zero-order valence-electron chi connectivity index (χ0n) is 12.9. The molecule has 0 aromatic heterocycles. The van der Waals surface area contributed by atoms with Crippen molar-refractivity contribution in [2.45, 2.75) is 19.3 Å². The zero-order valence-corrected chi connectivity index (χ0v) is 14.6. The highest BCUT2D eigenvalue weighted by Gasteiger charge is 2.36. The summed E-state index contributed by atoms with van der Waals surface area (Å²) in [4.78, 5) is 0. The van der Waals surface area contributed by atoms with Crippen LogP contribution in [0.4, 0.5) is 0 Å². The van der Waals surface area contributed by atoms with Gasteiger partial charge in [0.15, 0.2) is 0 Å². The number of rotatable bonds is 3. The molecule has 2 aromatic carbocycles. The van der Waals surface area contributed by atoms with Crippen molar-refractivity contribution in [1.29, 1.82) is 0 Å². The minimum atomic E-state index is -1.53. The van der Waals surface area contributed by atoms with Gasteiger partial charge >= 0.3 is 0 Å². The summed E-state index contributed by atoms with van der Waals surface area (Å²) in [7, 11) is -1.53. The second-order valence-corrected chi connectivity index (χ2v) is 9.09. The van der Waals surface area contributed by atoms with Gasteiger partial charge in [0.1, 0.15) is 29.4 Å². The molecule has 3 rings (SSSR count). The molecule has 0 saturated carbocycles. The predicted octanol–water partition coefficient (Wildman–Crippen LogP) is 1.33. The molecule has 0 radical (unpaired) electrons. The maximum absolute atomic E-state index is 5.91. The first-order valence-electron chi connectivity index (χ1n) is 7.61. The Bertz CT molecular complexity index is 562. The van der Waals surface area contributed by atoms with E-state index in [1.807, 2.05) is 0 Å². The summed E-state index contributed by atoms with van der Waals surface area (Å²) < 4.78 is 5.91. The topological polar surface area (TPSA) is 9.23 Å². The first-order valence-corrected chi connectivity index (χ1v) is 9.91. The lowest BCUT2D eigenvalue weighted by molar-refractivity contribution is -0.00000518. The van der Waals surface area contributed by atoms with Crippen LogP contribution < -0.4 is 23.0 Å². The van der Waals surface area contributed by atoms with Crippen LogP contribution in [0.2, 0.25) is 0 Å². The molecule has 0 atom stereocenters. The molecule has 1 saturated heterocycles. The molecule has 0 spiro atoms. The maximum Gasteiger partial charge on any atom is 0.131 e. The number of ether oxygens (including phenoxy) is 1. The van der Waals surface area contributed by atoms with Crippen molar-refractivity contribution >= 4 is 17.9 Å². The molecule has 116 valence electrons. The summed E-state index contributed by atoms with van der Waals surface area (Å²) >= 11 is 0. The van der Waals surface area contributed by atoms with Gasteiger partial charge in [-0.05, 0) is 37.1 Å². The first kappa shape index (κ1) is 17.1. The molecular formula is C19H22ClOP. The summed E-state index contributed by atoms with van der Waals surface area (Å²) in [6, 6.07) is 21.7. The van der Waals surface area contributed by atoms with Crippen LogP contribution in [0.3, 0.4) is 0 Å². The van der Waals surface area contributed by atoms with E-state index < -0.39 is 7.26 Å². The molecule has 1 aliphatic heterocycles. The van der Waals surface area contributed by atoms with Crippen LogP contribution in [-0.4, -0.2) is 13.3 Å². The van der Waals surface area contributed by atoms with Gasteiger partial charge in [0.2, 0.25) is 0 Å². The smallest absolute Gasteiger partial charge is 0.131 e. The van der Waals surface area contributed by atoms with Gasteiger partial charge in [0.05, 0.1) is 13.3 Å². The highest BCUT2D eigenvalue weighted by molar-refractivity contribution is 7.91. The van der Waals surface area contributed by atoms with Gasteiger partial charge in [-0.25, -0.2) is 0 Å².